The number of carbonyl (C=O) groups excluding carboxylic acids is 1. The summed E-state index contributed by atoms with van der Waals surface area (Å²) in [6.07, 6.45) is 2.95. The van der Waals surface area contributed by atoms with Crippen LogP contribution in [-0.4, -0.2) is 27.1 Å². The maximum Gasteiger partial charge on any atom is 0.407 e. The summed E-state index contributed by atoms with van der Waals surface area (Å²) in [4.78, 5) is 16.8. The molecule has 0 saturated heterocycles. The Morgan fingerprint density at radius 3 is 2.25 bits per heavy atom. The number of nitrogens with zero attached hydrogens (tertiary/aromatic N) is 1. The highest BCUT2D eigenvalue weighted by atomic mass is 32.2. The van der Waals surface area contributed by atoms with Gasteiger partial charge in [0.2, 0.25) is 0 Å². The van der Waals surface area contributed by atoms with Gasteiger partial charge in [-0.3, -0.25) is 9.19 Å². The number of hydrogen-bond acceptors (Lipinski definition) is 4. The zero-order valence-corrected chi connectivity index (χ0v) is 15.1. The quantitative estimate of drug-likeness (QED) is 0.920. The van der Waals surface area contributed by atoms with E-state index in [2.05, 4.69) is 10.3 Å². The Labute approximate surface area is 144 Å². The molecule has 0 spiro atoms. The predicted molar refractivity (Wildman–Crippen MR) is 95.1 cm³/mol. The lowest BCUT2D eigenvalue weighted by molar-refractivity contribution is 0.0523. The van der Waals surface area contributed by atoms with Crippen molar-refractivity contribution in [2.75, 3.05) is 6.26 Å². The van der Waals surface area contributed by atoms with E-state index in [9.17, 15) is 9.00 Å². The van der Waals surface area contributed by atoms with Crippen molar-refractivity contribution >= 4 is 16.9 Å². The van der Waals surface area contributed by atoms with Crippen LogP contribution in [-0.2, 0) is 22.1 Å². The number of rotatable bonds is 4. The number of carbonyl (C=O) groups is 1. The van der Waals surface area contributed by atoms with Crippen molar-refractivity contribution in [3.63, 3.8) is 0 Å². The first-order valence-corrected chi connectivity index (χ1v) is 9.16. The summed E-state index contributed by atoms with van der Waals surface area (Å²) in [5, 5.41) is 2.68. The summed E-state index contributed by atoms with van der Waals surface area (Å²) in [5.74, 6) is 0. The molecule has 1 heterocycles. The minimum atomic E-state index is -0.980. The molecule has 1 atom stereocenters. The highest BCUT2D eigenvalue weighted by Crippen LogP contribution is 2.20. The molecule has 0 aliphatic heterocycles. The molecule has 1 aromatic heterocycles. The van der Waals surface area contributed by atoms with Crippen molar-refractivity contribution < 1.29 is 13.7 Å². The molecule has 2 aromatic rings. The number of alkyl carbamates (subject to hydrolysis) is 1. The van der Waals surface area contributed by atoms with Crippen molar-refractivity contribution in [3.8, 4) is 11.1 Å². The summed E-state index contributed by atoms with van der Waals surface area (Å²) in [7, 11) is -0.980. The van der Waals surface area contributed by atoms with Crippen LogP contribution in [0.1, 0.15) is 26.5 Å². The van der Waals surface area contributed by atoms with Gasteiger partial charge in [-0.15, -0.1) is 0 Å². The summed E-state index contributed by atoms with van der Waals surface area (Å²) in [6.45, 7) is 5.76. The smallest absolute Gasteiger partial charge is 0.407 e. The average Bonchev–Trinajstić information content (AvgIpc) is 2.52. The van der Waals surface area contributed by atoms with Gasteiger partial charge in [0, 0.05) is 33.7 Å². The minimum Gasteiger partial charge on any atom is -0.444 e. The lowest BCUT2D eigenvalue weighted by Crippen LogP contribution is -2.32. The Balaban J connectivity index is 1.98. The molecule has 0 bridgehead atoms. The van der Waals surface area contributed by atoms with E-state index < -0.39 is 22.5 Å². The van der Waals surface area contributed by atoms with Gasteiger partial charge in [0.05, 0.1) is 12.2 Å². The Morgan fingerprint density at radius 1 is 1.12 bits per heavy atom. The topological polar surface area (TPSA) is 68.3 Å². The molecule has 1 N–H and O–H groups in total. The van der Waals surface area contributed by atoms with Crippen molar-refractivity contribution in [1.29, 1.82) is 0 Å². The number of ether oxygens (including phenoxy) is 1. The zero-order valence-electron chi connectivity index (χ0n) is 14.3. The van der Waals surface area contributed by atoms with Crippen LogP contribution >= 0.6 is 0 Å². The van der Waals surface area contributed by atoms with Crippen LogP contribution in [0.4, 0.5) is 4.79 Å². The van der Waals surface area contributed by atoms with Crippen LogP contribution in [0, 0.1) is 0 Å². The standard InChI is InChI=1S/C18H22N2O3S/c1-18(2,3)23-17(21)20-12-15-8-5-14(11-19-15)13-6-9-16(10-7-13)24(4)22/h5-11H,12H2,1-4H3,(H,20,21). The maximum absolute atomic E-state index is 11.6. The SMILES string of the molecule is CS(=O)c1ccc(-c2ccc(CNC(=O)OC(C)(C)C)nc2)cc1. The van der Waals surface area contributed by atoms with E-state index in [0.29, 0.717) is 6.54 Å². The first-order valence-electron chi connectivity index (χ1n) is 7.60. The van der Waals surface area contributed by atoms with E-state index in [1.54, 1.807) is 12.5 Å². The lowest BCUT2D eigenvalue weighted by Gasteiger charge is -2.19. The van der Waals surface area contributed by atoms with Gasteiger partial charge in [-0.25, -0.2) is 4.79 Å². The fourth-order valence-electron chi connectivity index (χ4n) is 2.02. The van der Waals surface area contributed by atoms with Crippen LogP contribution in [0.15, 0.2) is 47.5 Å². The van der Waals surface area contributed by atoms with Gasteiger partial charge in [-0.05, 0) is 44.5 Å². The second kappa shape index (κ2) is 7.57. The first-order chi connectivity index (χ1) is 11.2. The number of amides is 1. The molecule has 5 nitrogen and oxygen atoms in total. The molecule has 1 aromatic carbocycles. The van der Waals surface area contributed by atoms with Crippen molar-refractivity contribution in [3.05, 3.63) is 48.3 Å². The van der Waals surface area contributed by atoms with Gasteiger partial charge in [0.25, 0.3) is 0 Å². The molecule has 0 aliphatic carbocycles. The number of aromatic nitrogens is 1. The van der Waals surface area contributed by atoms with E-state index in [-0.39, 0.29) is 0 Å². The zero-order chi connectivity index (χ0) is 17.7. The molecule has 2 rings (SSSR count). The van der Waals surface area contributed by atoms with Gasteiger partial charge in [-0.2, -0.15) is 0 Å². The fraction of sp³-hybridized carbons (Fsp3) is 0.333. The minimum absolute atomic E-state index is 0.308. The van der Waals surface area contributed by atoms with E-state index in [1.807, 2.05) is 57.2 Å². The molecule has 24 heavy (non-hydrogen) atoms. The summed E-state index contributed by atoms with van der Waals surface area (Å²) < 4.78 is 16.6. The molecule has 1 amide bonds. The summed E-state index contributed by atoms with van der Waals surface area (Å²) in [5.41, 5.74) is 2.19. The molecule has 0 radical (unpaired) electrons. The summed E-state index contributed by atoms with van der Waals surface area (Å²) in [6, 6.07) is 11.3. The molecule has 128 valence electrons. The molecular formula is C18H22N2O3S. The Hall–Kier alpha value is -2.21. The van der Waals surface area contributed by atoms with Crippen LogP contribution in [0.3, 0.4) is 0 Å². The van der Waals surface area contributed by atoms with E-state index >= 15 is 0 Å². The molecule has 6 heteroatoms. The van der Waals surface area contributed by atoms with Crippen LogP contribution in [0.2, 0.25) is 0 Å². The number of hydrogen-bond donors (Lipinski definition) is 1. The average molecular weight is 346 g/mol. The largest absolute Gasteiger partial charge is 0.444 e. The van der Waals surface area contributed by atoms with Crippen molar-refractivity contribution in [2.45, 2.75) is 37.8 Å². The molecule has 0 aliphatic rings. The van der Waals surface area contributed by atoms with E-state index in [1.165, 1.54) is 0 Å². The summed E-state index contributed by atoms with van der Waals surface area (Å²) >= 11 is 0. The Morgan fingerprint density at radius 2 is 1.75 bits per heavy atom. The molecule has 0 fully saturated rings. The monoisotopic (exact) mass is 346 g/mol. The van der Waals surface area contributed by atoms with Crippen LogP contribution < -0.4 is 5.32 Å². The van der Waals surface area contributed by atoms with E-state index in [4.69, 9.17) is 4.74 Å². The second-order valence-corrected chi connectivity index (χ2v) is 7.75. The third kappa shape index (κ3) is 5.45. The third-order valence-corrected chi connectivity index (χ3v) is 4.09. The normalized spacial score (nSPS) is 12.5. The van der Waals surface area contributed by atoms with Gasteiger partial charge < -0.3 is 10.1 Å². The Kier molecular flexibility index (Phi) is 5.72. The third-order valence-electron chi connectivity index (χ3n) is 3.16. The van der Waals surface area contributed by atoms with Gasteiger partial charge in [-0.1, -0.05) is 18.2 Å². The van der Waals surface area contributed by atoms with E-state index in [0.717, 1.165) is 21.7 Å². The van der Waals surface area contributed by atoms with Crippen molar-refractivity contribution in [1.82, 2.24) is 10.3 Å². The first kappa shape index (κ1) is 18.1. The second-order valence-electron chi connectivity index (χ2n) is 6.37. The van der Waals surface area contributed by atoms with Gasteiger partial charge in [0.15, 0.2) is 0 Å². The van der Waals surface area contributed by atoms with Crippen LogP contribution in [0.25, 0.3) is 11.1 Å². The van der Waals surface area contributed by atoms with Gasteiger partial charge >= 0.3 is 6.09 Å². The number of benzene rings is 1. The van der Waals surface area contributed by atoms with Crippen molar-refractivity contribution in [2.24, 2.45) is 0 Å². The highest BCUT2D eigenvalue weighted by Gasteiger charge is 2.15. The molecular weight excluding hydrogens is 324 g/mol. The molecule has 0 saturated carbocycles. The predicted octanol–water partition coefficient (Wildman–Crippen LogP) is 3.51. The van der Waals surface area contributed by atoms with Crippen LogP contribution in [0.5, 0.6) is 0 Å². The highest BCUT2D eigenvalue weighted by molar-refractivity contribution is 7.84. The Bertz CT molecular complexity index is 719. The van der Waals surface area contributed by atoms with Gasteiger partial charge in [0.1, 0.15) is 5.60 Å². The number of nitrogens with one attached hydrogen (secondary N) is 1. The lowest BCUT2D eigenvalue weighted by atomic mass is 10.1. The maximum atomic E-state index is 11.6. The molecule has 1 unspecified atom stereocenters. The number of pyridine rings is 1. The fourth-order valence-corrected chi connectivity index (χ4v) is 2.54.